The minimum Gasteiger partial charge on any atom is -0.371 e. The molecule has 1 aliphatic heterocycles. The highest BCUT2D eigenvalue weighted by Crippen LogP contribution is 2.23. The topological polar surface area (TPSA) is 57.0 Å². The lowest BCUT2D eigenvalue weighted by Crippen LogP contribution is -2.38. The molecule has 1 unspecified atom stereocenters. The molecule has 0 aliphatic carbocycles. The van der Waals surface area contributed by atoms with Crippen LogP contribution in [0.2, 0.25) is 0 Å². The number of piperidine rings is 1. The standard InChI is InChI=1S/C13H15N3O/c1-10(17)11-3-2-6-16(9-11)13-4-5-15-12(7-13)8-14/h4-5,7,11H,2-3,6,9H2,1H3. The summed E-state index contributed by atoms with van der Waals surface area (Å²) in [6.07, 6.45) is 3.64. The second kappa shape index (κ2) is 4.96. The molecule has 88 valence electrons. The van der Waals surface area contributed by atoms with Crippen LogP contribution in [-0.2, 0) is 4.79 Å². The average molecular weight is 229 g/mol. The molecule has 0 amide bonds. The maximum atomic E-state index is 11.4. The quantitative estimate of drug-likeness (QED) is 0.775. The van der Waals surface area contributed by atoms with E-state index in [0.717, 1.165) is 31.6 Å². The number of aromatic nitrogens is 1. The predicted molar refractivity (Wildman–Crippen MR) is 64.6 cm³/mol. The van der Waals surface area contributed by atoms with Gasteiger partial charge in [0.2, 0.25) is 0 Å². The van der Waals surface area contributed by atoms with Gasteiger partial charge in [-0.15, -0.1) is 0 Å². The molecule has 4 heteroatoms. The summed E-state index contributed by atoms with van der Waals surface area (Å²) in [7, 11) is 0. The number of hydrogen-bond acceptors (Lipinski definition) is 4. The molecule has 0 aromatic carbocycles. The molecule has 0 bridgehead atoms. The van der Waals surface area contributed by atoms with Crippen LogP contribution in [0.25, 0.3) is 0 Å². The zero-order chi connectivity index (χ0) is 12.3. The van der Waals surface area contributed by atoms with E-state index in [-0.39, 0.29) is 11.7 Å². The molecule has 0 saturated carbocycles. The smallest absolute Gasteiger partial charge is 0.142 e. The first-order valence-electron chi connectivity index (χ1n) is 5.82. The summed E-state index contributed by atoms with van der Waals surface area (Å²) in [4.78, 5) is 17.5. The molecule has 4 nitrogen and oxygen atoms in total. The van der Waals surface area contributed by atoms with Crippen LogP contribution >= 0.6 is 0 Å². The van der Waals surface area contributed by atoms with E-state index in [1.807, 2.05) is 12.1 Å². The molecule has 0 radical (unpaired) electrons. The Morgan fingerprint density at radius 3 is 3.18 bits per heavy atom. The number of carbonyl (C=O) groups excluding carboxylic acids is 1. The summed E-state index contributed by atoms with van der Waals surface area (Å²) in [6, 6.07) is 5.71. The fraction of sp³-hybridized carbons (Fsp3) is 0.462. The van der Waals surface area contributed by atoms with E-state index in [2.05, 4.69) is 9.88 Å². The van der Waals surface area contributed by atoms with Gasteiger partial charge in [0, 0.05) is 30.9 Å². The first kappa shape index (κ1) is 11.6. The first-order valence-corrected chi connectivity index (χ1v) is 5.82. The summed E-state index contributed by atoms with van der Waals surface area (Å²) in [5, 5.41) is 8.82. The lowest BCUT2D eigenvalue weighted by molar-refractivity contribution is -0.120. The van der Waals surface area contributed by atoms with Gasteiger partial charge in [-0.25, -0.2) is 4.98 Å². The zero-order valence-electron chi connectivity index (χ0n) is 9.89. The van der Waals surface area contributed by atoms with E-state index in [0.29, 0.717) is 5.69 Å². The van der Waals surface area contributed by atoms with Gasteiger partial charge in [0.05, 0.1) is 0 Å². The minimum atomic E-state index is 0.127. The number of rotatable bonds is 2. The van der Waals surface area contributed by atoms with Crippen molar-refractivity contribution in [2.24, 2.45) is 5.92 Å². The Kier molecular flexibility index (Phi) is 3.38. The third-order valence-corrected chi connectivity index (χ3v) is 3.22. The van der Waals surface area contributed by atoms with Gasteiger partial charge in [-0.2, -0.15) is 5.26 Å². The number of anilines is 1. The normalized spacial score (nSPS) is 19.8. The molecule has 2 rings (SSSR count). The Morgan fingerprint density at radius 1 is 1.65 bits per heavy atom. The third-order valence-electron chi connectivity index (χ3n) is 3.22. The molecule has 17 heavy (non-hydrogen) atoms. The maximum Gasteiger partial charge on any atom is 0.142 e. The van der Waals surface area contributed by atoms with Crippen molar-refractivity contribution < 1.29 is 4.79 Å². The highest BCUT2D eigenvalue weighted by molar-refractivity contribution is 5.79. The summed E-state index contributed by atoms with van der Waals surface area (Å²) in [5.74, 6) is 0.381. The molecule has 1 aromatic rings. The van der Waals surface area contributed by atoms with E-state index in [1.54, 1.807) is 19.2 Å². The number of carbonyl (C=O) groups is 1. The summed E-state index contributed by atoms with van der Waals surface area (Å²) < 4.78 is 0. The van der Waals surface area contributed by atoms with Crippen LogP contribution in [0.1, 0.15) is 25.5 Å². The Balaban J connectivity index is 2.16. The molecule has 1 aliphatic rings. The van der Waals surface area contributed by atoms with Gasteiger partial charge >= 0.3 is 0 Å². The van der Waals surface area contributed by atoms with Crippen molar-refractivity contribution >= 4 is 11.5 Å². The van der Waals surface area contributed by atoms with Crippen molar-refractivity contribution in [3.63, 3.8) is 0 Å². The number of hydrogen-bond donors (Lipinski definition) is 0. The summed E-state index contributed by atoms with van der Waals surface area (Å²) in [5.41, 5.74) is 1.41. The Labute approximate surface area is 101 Å². The minimum absolute atomic E-state index is 0.127. The lowest BCUT2D eigenvalue weighted by Gasteiger charge is -2.33. The summed E-state index contributed by atoms with van der Waals surface area (Å²) >= 11 is 0. The number of Topliss-reactive ketones (excluding diaryl/α,β-unsaturated/α-hetero) is 1. The highest BCUT2D eigenvalue weighted by Gasteiger charge is 2.23. The molecular weight excluding hydrogens is 214 g/mol. The van der Waals surface area contributed by atoms with E-state index in [4.69, 9.17) is 5.26 Å². The van der Waals surface area contributed by atoms with Crippen LogP contribution in [-0.4, -0.2) is 23.9 Å². The number of pyridine rings is 1. The number of nitriles is 1. The predicted octanol–water partition coefficient (Wildman–Crippen LogP) is 1.76. The van der Waals surface area contributed by atoms with Gasteiger partial charge in [0.25, 0.3) is 0 Å². The van der Waals surface area contributed by atoms with Crippen molar-refractivity contribution in [3.8, 4) is 6.07 Å². The van der Waals surface area contributed by atoms with Gasteiger partial charge < -0.3 is 4.90 Å². The average Bonchev–Trinajstić information content (AvgIpc) is 2.39. The van der Waals surface area contributed by atoms with Crippen LogP contribution < -0.4 is 4.90 Å². The van der Waals surface area contributed by atoms with E-state index < -0.39 is 0 Å². The molecule has 0 spiro atoms. The van der Waals surface area contributed by atoms with Gasteiger partial charge in [-0.3, -0.25) is 4.79 Å². The van der Waals surface area contributed by atoms with E-state index in [9.17, 15) is 4.79 Å². The van der Waals surface area contributed by atoms with Crippen LogP contribution in [0.4, 0.5) is 5.69 Å². The SMILES string of the molecule is CC(=O)C1CCCN(c2ccnc(C#N)c2)C1. The second-order valence-electron chi connectivity index (χ2n) is 4.41. The number of nitrogens with zero attached hydrogens (tertiary/aromatic N) is 3. The Hall–Kier alpha value is -1.89. The molecule has 0 N–H and O–H groups in total. The summed E-state index contributed by atoms with van der Waals surface area (Å²) in [6.45, 7) is 3.35. The van der Waals surface area contributed by atoms with Gasteiger partial charge in [-0.05, 0) is 31.9 Å². The molecule has 2 heterocycles. The maximum absolute atomic E-state index is 11.4. The van der Waals surface area contributed by atoms with Crippen LogP contribution in [0.15, 0.2) is 18.3 Å². The highest BCUT2D eigenvalue weighted by atomic mass is 16.1. The monoisotopic (exact) mass is 229 g/mol. The molecule has 1 fully saturated rings. The molecule has 1 saturated heterocycles. The first-order chi connectivity index (χ1) is 8.20. The van der Waals surface area contributed by atoms with Crippen LogP contribution in [0.3, 0.4) is 0 Å². The molecule has 1 aromatic heterocycles. The largest absolute Gasteiger partial charge is 0.371 e. The van der Waals surface area contributed by atoms with Crippen molar-refractivity contribution in [2.45, 2.75) is 19.8 Å². The fourth-order valence-corrected chi connectivity index (χ4v) is 2.22. The van der Waals surface area contributed by atoms with Crippen molar-refractivity contribution in [1.29, 1.82) is 5.26 Å². The third kappa shape index (κ3) is 2.62. The van der Waals surface area contributed by atoms with Gasteiger partial charge in [-0.1, -0.05) is 0 Å². The van der Waals surface area contributed by atoms with Crippen LogP contribution in [0.5, 0.6) is 0 Å². The van der Waals surface area contributed by atoms with Crippen molar-refractivity contribution in [3.05, 3.63) is 24.0 Å². The Morgan fingerprint density at radius 2 is 2.47 bits per heavy atom. The van der Waals surface area contributed by atoms with Gasteiger partial charge in [0.15, 0.2) is 0 Å². The zero-order valence-corrected chi connectivity index (χ0v) is 9.89. The Bertz CT molecular complexity index is 464. The second-order valence-corrected chi connectivity index (χ2v) is 4.41. The number of ketones is 1. The van der Waals surface area contributed by atoms with E-state index >= 15 is 0 Å². The molecule has 1 atom stereocenters. The van der Waals surface area contributed by atoms with E-state index in [1.165, 1.54) is 0 Å². The lowest BCUT2D eigenvalue weighted by atomic mass is 9.94. The fourth-order valence-electron chi connectivity index (χ4n) is 2.22. The molecular formula is C13H15N3O. The van der Waals surface area contributed by atoms with Crippen LogP contribution in [0, 0.1) is 17.2 Å². The van der Waals surface area contributed by atoms with Crippen molar-refractivity contribution in [1.82, 2.24) is 4.98 Å². The van der Waals surface area contributed by atoms with Gasteiger partial charge in [0.1, 0.15) is 17.5 Å². The van der Waals surface area contributed by atoms with Crippen molar-refractivity contribution in [2.75, 3.05) is 18.0 Å².